The van der Waals surface area contributed by atoms with Crippen LogP contribution < -0.4 is 0 Å². The molecule has 0 aliphatic heterocycles. The van der Waals surface area contributed by atoms with Crippen molar-refractivity contribution in [2.45, 2.75) is 51.5 Å². The number of allylic oxidation sites excluding steroid dienone is 2. The van der Waals surface area contributed by atoms with Gasteiger partial charge in [-0.05, 0) is 52.7 Å². The van der Waals surface area contributed by atoms with E-state index in [-0.39, 0.29) is 11.0 Å². The molecule has 1 unspecified atom stereocenters. The second kappa shape index (κ2) is 6.87. The monoisotopic (exact) mass is 282 g/mol. The first-order valence-corrected chi connectivity index (χ1v) is 7.85. The van der Waals surface area contributed by atoms with Crippen LogP contribution in [0.4, 0.5) is 0 Å². The first-order valence-electron chi connectivity index (χ1n) is 6.44. The lowest BCUT2D eigenvalue weighted by Gasteiger charge is -2.12. The molecule has 0 spiro atoms. The molecule has 1 rings (SSSR count). The summed E-state index contributed by atoms with van der Waals surface area (Å²) >= 11 is 0. The van der Waals surface area contributed by atoms with E-state index in [1.807, 2.05) is 20.8 Å². The molecular formula is C15H22O3S. The van der Waals surface area contributed by atoms with E-state index in [1.165, 1.54) is 5.57 Å². The lowest BCUT2D eigenvalue weighted by molar-refractivity contribution is 0.219. The zero-order valence-corrected chi connectivity index (χ0v) is 12.8. The topological polar surface area (TPSA) is 43.4 Å². The van der Waals surface area contributed by atoms with Crippen LogP contribution in [0.3, 0.4) is 0 Å². The molecule has 0 aliphatic carbocycles. The number of hydrogen-bond donors (Lipinski definition) is 0. The molecule has 3 nitrogen and oxygen atoms in total. The summed E-state index contributed by atoms with van der Waals surface area (Å²) in [5.41, 5.74) is 2.25. The molecule has 4 heteroatoms. The third kappa shape index (κ3) is 5.57. The standard InChI is InChI=1S/C15H22O3S/c1-12(2)6-5-7-14(4)18-19(16,17)15-10-8-13(3)9-11-15/h6,8-11,14H,5,7H2,1-4H3. The van der Waals surface area contributed by atoms with Gasteiger partial charge < -0.3 is 0 Å². The Morgan fingerprint density at radius 2 is 1.84 bits per heavy atom. The van der Waals surface area contributed by atoms with Crippen molar-refractivity contribution >= 4 is 10.1 Å². The Labute approximate surface area is 116 Å². The molecule has 0 saturated carbocycles. The van der Waals surface area contributed by atoms with Gasteiger partial charge in [-0.15, -0.1) is 0 Å². The molecule has 0 N–H and O–H groups in total. The van der Waals surface area contributed by atoms with E-state index in [9.17, 15) is 8.42 Å². The van der Waals surface area contributed by atoms with Gasteiger partial charge in [0.15, 0.2) is 0 Å². The predicted molar refractivity (Wildman–Crippen MR) is 77.6 cm³/mol. The molecule has 1 aromatic rings. The summed E-state index contributed by atoms with van der Waals surface area (Å²) in [6, 6.07) is 6.69. The second-order valence-electron chi connectivity index (χ2n) is 5.03. The van der Waals surface area contributed by atoms with Gasteiger partial charge in [0, 0.05) is 0 Å². The van der Waals surface area contributed by atoms with Crippen molar-refractivity contribution in [1.82, 2.24) is 0 Å². The summed E-state index contributed by atoms with van der Waals surface area (Å²) in [6.07, 6.45) is 3.28. The first kappa shape index (κ1) is 15.9. The molecule has 0 aromatic heterocycles. The highest BCUT2D eigenvalue weighted by molar-refractivity contribution is 7.86. The van der Waals surface area contributed by atoms with Crippen molar-refractivity contribution in [2.75, 3.05) is 0 Å². The van der Waals surface area contributed by atoms with Crippen LogP contribution >= 0.6 is 0 Å². The minimum absolute atomic E-state index is 0.215. The Morgan fingerprint density at radius 3 is 2.37 bits per heavy atom. The van der Waals surface area contributed by atoms with Gasteiger partial charge in [0.1, 0.15) is 0 Å². The molecule has 0 fully saturated rings. The fraction of sp³-hybridized carbons (Fsp3) is 0.467. The maximum absolute atomic E-state index is 12.0. The van der Waals surface area contributed by atoms with Crippen molar-refractivity contribution in [3.05, 3.63) is 41.5 Å². The first-order chi connectivity index (χ1) is 8.81. The minimum atomic E-state index is -3.65. The molecule has 1 atom stereocenters. The van der Waals surface area contributed by atoms with Gasteiger partial charge in [0.25, 0.3) is 10.1 Å². The Hall–Kier alpha value is -1.13. The summed E-state index contributed by atoms with van der Waals surface area (Å²) in [6.45, 7) is 7.74. The Kier molecular flexibility index (Phi) is 5.76. The van der Waals surface area contributed by atoms with Gasteiger partial charge in [0.05, 0.1) is 11.0 Å². The molecule has 19 heavy (non-hydrogen) atoms. The molecule has 0 heterocycles. The average molecular weight is 282 g/mol. The van der Waals surface area contributed by atoms with Crippen LogP contribution in [0.25, 0.3) is 0 Å². The van der Waals surface area contributed by atoms with Crippen LogP contribution in [0, 0.1) is 6.92 Å². The van der Waals surface area contributed by atoms with Crippen molar-refractivity contribution in [3.63, 3.8) is 0 Å². The highest BCUT2D eigenvalue weighted by atomic mass is 32.2. The zero-order chi connectivity index (χ0) is 14.5. The molecule has 0 radical (unpaired) electrons. The quantitative estimate of drug-likeness (QED) is 0.588. The third-order valence-electron chi connectivity index (χ3n) is 2.73. The Morgan fingerprint density at radius 1 is 1.26 bits per heavy atom. The smallest absolute Gasteiger partial charge is 0.263 e. The normalized spacial score (nSPS) is 13.1. The van der Waals surface area contributed by atoms with E-state index in [1.54, 1.807) is 31.2 Å². The van der Waals surface area contributed by atoms with Crippen LogP contribution in [-0.2, 0) is 14.3 Å². The number of aryl methyl sites for hydroxylation is 1. The van der Waals surface area contributed by atoms with Gasteiger partial charge in [-0.2, -0.15) is 8.42 Å². The highest BCUT2D eigenvalue weighted by Crippen LogP contribution is 2.17. The molecule has 0 amide bonds. The van der Waals surface area contributed by atoms with E-state index >= 15 is 0 Å². The van der Waals surface area contributed by atoms with Gasteiger partial charge in [-0.1, -0.05) is 29.3 Å². The molecule has 0 aliphatic rings. The van der Waals surface area contributed by atoms with Crippen LogP contribution in [0.2, 0.25) is 0 Å². The molecule has 1 aromatic carbocycles. The van der Waals surface area contributed by atoms with Gasteiger partial charge >= 0.3 is 0 Å². The van der Waals surface area contributed by atoms with Crippen LogP contribution in [0.5, 0.6) is 0 Å². The lowest BCUT2D eigenvalue weighted by Crippen LogP contribution is -2.15. The van der Waals surface area contributed by atoms with E-state index in [0.29, 0.717) is 6.42 Å². The maximum atomic E-state index is 12.0. The summed E-state index contributed by atoms with van der Waals surface area (Å²) in [5.74, 6) is 0. The average Bonchev–Trinajstić information content (AvgIpc) is 2.28. The Balaban J connectivity index is 2.64. The lowest BCUT2D eigenvalue weighted by atomic mass is 10.2. The predicted octanol–water partition coefficient (Wildman–Crippen LogP) is 3.84. The number of hydrogen-bond acceptors (Lipinski definition) is 3. The van der Waals surface area contributed by atoms with E-state index < -0.39 is 10.1 Å². The van der Waals surface area contributed by atoms with E-state index in [0.717, 1.165) is 12.0 Å². The summed E-state index contributed by atoms with van der Waals surface area (Å²) in [7, 11) is -3.65. The van der Waals surface area contributed by atoms with Crippen molar-refractivity contribution < 1.29 is 12.6 Å². The maximum Gasteiger partial charge on any atom is 0.297 e. The highest BCUT2D eigenvalue weighted by Gasteiger charge is 2.18. The minimum Gasteiger partial charge on any atom is -0.263 e. The largest absolute Gasteiger partial charge is 0.297 e. The summed E-state index contributed by atoms with van der Waals surface area (Å²) < 4.78 is 29.2. The van der Waals surface area contributed by atoms with Gasteiger partial charge in [-0.25, -0.2) is 0 Å². The van der Waals surface area contributed by atoms with Crippen molar-refractivity contribution in [2.24, 2.45) is 0 Å². The number of benzene rings is 1. The summed E-state index contributed by atoms with van der Waals surface area (Å²) in [4.78, 5) is 0.215. The molecule has 0 saturated heterocycles. The van der Waals surface area contributed by atoms with E-state index in [4.69, 9.17) is 4.18 Å². The van der Waals surface area contributed by atoms with Crippen molar-refractivity contribution in [3.8, 4) is 0 Å². The third-order valence-corrected chi connectivity index (χ3v) is 4.16. The van der Waals surface area contributed by atoms with Crippen LogP contribution in [0.15, 0.2) is 40.8 Å². The van der Waals surface area contributed by atoms with Crippen LogP contribution in [0.1, 0.15) is 39.2 Å². The molecule has 0 bridgehead atoms. The molecule has 106 valence electrons. The Bertz CT molecular complexity index is 523. The van der Waals surface area contributed by atoms with Crippen molar-refractivity contribution in [1.29, 1.82) is 0 Å². The van der Waals surface area contributed by atoms with Crippen LogP contribution in [-0.4, -0.2) is 14.5 Å². The van der Waals surface area contributed by atoms with Gasteiger partial charge in [0.2, 0.25) is 0 Å². The summed E-state index contributed by atoms with van der Waals surface area (Å²) in [5, 5.41) is 0. The SMILES string of the molecule is CC(C)=CCCC(C)OS(=O)(=O)c1ccc(C)cc1. The number of rotatable bonds is 6. The molecular weight excluding hydrogens is 260 g/mol. The fourth-order valence-corrected chi connectivity index (χ4v) is 2.74. The fourth-order valence-electron chi connectivity index (χ4n) is 1.63. The van der Waals surface area contributed by atoms with E-state index in [2.05, 4.69) is 6.08 Å². The zero-order valence-electron chi connectivity index (χ0n) is 12.0. The second-order valence-corrected chi connectivity index (χ2v) is 6.60. The van der Waals surface area contributed by atoms with Gasteiger partial charge in [-0.3, -0.25) is 4.18 Å².